The molecule has 0 bridgehead atoms. The van der Waals surface area contributed by atoms with Crippen LogP contribution < -0.4 is 0 Å². The first-order valence-electron chi connectivity index (χ1n) is 10.3. The Hall–Kier alpha value is -0.910. The van der Waals surface area contributed by atoms with Crippen molar-refractivity contribution in [2.75, 3.05) is 0 Å². The number of hydrogen-bond donors (Lipinski definition) is 4. The zero-order chi connectivity index (χ0) is 18.5. The van der Waals surface area contributed by atoms with Crippen molar-refractivity contribution >= 4 is 0 Å². The van der Waals surface area contributed by atoms with Gasteiger partial charge >= 0.3 is 0 Å². The van der Waals surface area contributed by atoms with Crippen LogP contribution in [0.1, 0.15) is 70.2 Å². The lowest BCUT2D eigenvalue weighted by Crippen LogP contribution is -2.57. The highest BCUT2D eigenvalue weighted by Crippen LogP contribution is 2.68. The molecule has 4 N–H and O–H groups in total. The number of nitrogens with one attached hydrogen (secondary N) is 1. The Morgan fingerprint density at radius 1 is 1.08 bits per heavy atom. The van der Waals surface area contributed by atoms with E-state index in [1.165, 1.54) is 5.56 Å². The van der Waals surface area contributed by atoms with E-state index >= 15 is 0 Å². The van der Waals surface area contributed by atoms with Crippen molar-refractivity contribution in [2.24, 2.45) is 34.5 Å². The minimum atomic E-state index is -0.996. The van der Waals surface area contributed by atoms with Gasteiger partial charge in [0.05, 0.1) is 29.7 Å². The van der Waals surface area contributed by atoms with Crippen LogP contribution in [0.15, 0.2) is 6.20 Å². The largest absolute Gasteiger partial charge is 0.390 e. The zero-order valence-electron chi connectivity index (χ0n) is 16.1. The zero-order valence-corrected chi connectivity index (χ0v) is 16.1. The van der Waals surface area contributed by atoms with Crippen molar-refractivity contribution in [3.8, 4) is 0 Å². The lowest BCUT2D eigenvalue weighted by Gasteiger charge is -2.61. The van der Waals surface area contributed by atoms with Crippen LogP contribution in [0.2, 0.25) is 0 Å². The summed E-state index contributed by atoms with van der Waals surface area (Å²) >= 11 is 0. The number of aliphatic hydroxyl groups excluding tert-OH is 2. The van der Waals surface area contributed by atoms with Crippen LogP contribution in [-0.2, 0) is 6.42 Å². The van der Waals surface area contributed by atoms with E-state index in [4.69, 9.17) is 0 Å². The van der Waals surface area contributed by atoms with E-state index in [0.717, 1.165) is 37.8 Å². The molecule has 3 fully saturated rings. The normalized spacial score (nSPS) is 55.6. The van der Waals surface area contributed by atoms with Crippen molar-refractivity contribution < 1.29 is 15.3 Å². The van der Waals surface area contributed by atoms with Crippen LogP contribution in [0, 0.1) is 34.5 Å². The Morgan fingerprint density at radius 3 is 2.62 bits per heavy atom. The molecule has 0 radical (unpaired) electrons. The molecule has 4 aliphatic carbocycles. The quantitative estimate of drug-likeness (QED) is 0.572. The number of aliphatic hydroxyl groups is 3. The summed E-state index contributed by atoms with van der Waals surface area (Å²) in [6.07, 6.45) is 6.65. The molecule has 1 aromatic heterocycles. The molecule has 0 unspecified atom stereocenters. The molecule has 0 aliphatic heterocycles. The van der Waals surface area contributed by atoms with Crippen molar-refractivity contribution in [2.45, 2.75) is 77.1 Å². The molecule has 0 amide bonds. The van der Waals surface area contributed by atoms with Crippen LogP contribution in [-0.4, -0.2) is 37.2 Å². The predicted octanol–water partition coefficient (Wildman–Crippen LogP) is 2.58. The molecule has 3 saturated carbocycles. The smallest absolute Gasteiger partial charge is 0.0990 e. The standard InChI is InChI=1S/C21H32N2O3/c1-19-9-11-10-22-23-17(11)18(25)14(19)5-4-12-13(19)6-7-20(2)15(12)8-16(24)21(20,3)26/h10,12-16,18,24-26H,4-9H2,1-3H3,(H,22,23)/t12-,13+,14+,15+,16-,18-,19-,20+,21+/m1/s1. The molecule has 5 rings (SSSR count). The van der Waals surface area contributed by atoms with E-state index in [9.17, 15) is 15.3 Å². The van der Waals surface area contributed by atoms with E-state index < -0.39 is 17.8 Å². The van der Waals surface area contributed by atoms with Gasteiger partial charge in [0, 0.05) is 5.41 Å². The van der Waals surface area contributed by atoms with Gasteiger partial charge in [0.2, 0.25) is 0 Å². The number of H-pyrrole nitrogens is 1. The number of rotatable bonds is 0. The molecule has 1 aromatic rings. The van der Waals surface area contributed by atoms with Gasteiger partial charge in [0.15, 0.2) is 0 Å². The Bertz CT molecular complexity index is 731. The number of aromatic amines is 1. The Kier molecular flexibility index (Phi) is 3.39. The molecule has 9 atom stereocenters. The molecule has 1 heterocycles. The van der Waals surface area contributed by atoms with Crippen LogP contribution in [0.3, 0.4) is 0 Å². The molecule has 144 valence electrons. The van der Waals surface area contributed by atoms with E-state index in [2.05, 4.69) is 24.0 Å². The Balaban J connectivity index is 1.53. The first kappa shape index (κ1) is 17.2. The van der Waals surface area contributed by atoms with E-state index in [-0.39, 0.29) is 16.7 Å². The summed E-state index contributed by atoms with van der Waals surface area (Å²) in [7, 11) is 0. The fourth-order valence-electron chi connectivity index (χ4n) is 7.83. The third-order valence-corrected chi connectivity index (χ3v) is 9.61. The van der Waals surface area contributed by atoms with Crippen LogP contribution in [0.4, 0.5) is 0 Å². The van der Waals surface area contributed by atoms with Crippen molar-refractivity contribution in [3.05, 3.63) is 17.5 Å². The highest BCUT2D eigenvalue weighted by atomic mass is 16.3. The molecule has 5 heteroatoms. The van der Waals surface area contributed by atoms with Crippen LogP contribution in [0.5, 0.6) is 0 Å². The number of aromatic nitrogens is 2. The molecule has 4 aliphatic rings. The Morgan fingerprint density at radius 2 is 1.85 bits per heavy atom. The van der Waals surface area contributed by atoms with Gasteiger partial charge in [-0.2, -0.15) is 5.10 Å². The molecular formula is C21H32N2O3. The third-order valence-electron chi connectivity index (χ3n) is 9.61. The lowest BCUT2D eigenvalue weighted by atomic mass is 9.44. The second-order valence-corrected chi connectivity index (χ2v) is 10.4. The van der Waals surface area contributed by atoms with Gasteiger partial charge in [-0.1, -0.05) is 13.8 Å². The summed E-state index contributed by atoms with van der Waals surface area (Å²) in [6.45, 7) is 6.41. The summed E-state index contributed by atoms with van der Waals surface area (Å²) in [6, 6.07) is 0. The first-order valence-corrected chi connectivity index (χ1v) is 10.3. The fourth-order valence-corrected chi connectivity index (χ4v) is 7.83. The monoisotopic (exact) mass is 360 g/mol. The highest BCUT2D eigenvalue weighted by molar-refractivity contribution is 5.28. The average Bonchev–Trinajstić information content (AvgIpc) is 3.10. The minimum absolute atomic E-state index is 0.0694. The summed E-state index contributed by atoms with van der Waals surface area (Å²) in [5, 5.41) is 39.9. The SMILES string of the molecule is C[C@]12Cc3cn[nH]c3[C@H](O)[C@@H]1CC[C@@H]1[C@@H]2CC[C@@]2(C)[C@H]1C[C@@H](O)[C@]2(C)O. The maximum atomic E-state index is 11.0. The first-order chi connectivity index (χ1) is 12.2. The van der Waals surface area contributed by atoms with Crippen LogP contribution in [0.25, 0.3) is 0 Å². The molecule has 5 nitrogen and oxygen atoms in total. The number of fused-ring (bicyclic) bond motifs is 6. The van der Waals surface area contributed by atoms with Gasteiger partial charge < -0.3 is 15.3 Å². The van der Waals surface area contributed by atoms with E-state index in [1.54, 1.807) is 0 Å². The maximum absolute atomic E-state index is 11.0. The topological polar surface area (TPSA) is 89.4 Å². The van der Waals surface area contributed by atoms with Crippen molar-refractivity contribution in [1.82, 2.24) is 10.2 Å². The molecule has 0 saturated heterocycles. The Labute approximate surface area is 155 Å². The summed E-state index contributed by atoms with van der Waals surface area (Å²) in [5.41, 5.74) is 0.962. The second-order valence-electron chi connectivity index (χ2n) is 10.4. The predicted molar refractivity (Wildman–Crippen MR) is 97.1 cm³/mol. The van der Waals surface area contributed by atoms with E-state index in [1.807, 2.05) is 13.1 Å². The lowest BCUT2D eigenvalue weighted by molar-refractivity contribution is -0.167. The van der Waals surface area contributed by atoms with Gasteiger partial charge in [-0.15, -0.1) is 0 Å². The summed E-state index contributed by atoms with van der Waals surface area (Å²) in [5.74, 6) is 1.71. The molecule has 0 spiro atoms. The number of hydrogen-bond acceptors (Lipinski definition) is 4. The molecule has 26 heavy (non-hydrogen) atoms. The van der Waals surface area contributed by atoms with Gasteiger partial charge in [-0.25, -0.2) is 0 Å². The summed E-state index contributed by atoms with van der Waals surface area (Å²) < 4.78 is 0. The average molecular weight is 360 g/mol. The minimum Gasteiger partial charge on any atom is -0.390 e. The fraction of sp³-hybridized carbons (Fsp3) is 0.857. The maximum Gasteiger partial charge on any atom is 0.0990 e. The molecular weight excluding hydrogens is 328 g/mol. The summed E-state index contributed by atoms with van der Waals surface area (Å²) in [4.78, 5) is 0. The highest BCUT2D eigenvalue weighted by Gasteiger charge is 2.66. The van der Waals surface area contributed by atoms with Crippen molar-refractivity contribution in [1.29, 1.82) is 0 Å². The van der Waals surface area contributed by atoms with E-state index in [0.29, 0.717) is 24.2 Å². The van der Waals surface area contributed by atoms with Gasteiger partial charge in [-0.3, -0.25) is 5.10 Å². The molecule has 0 aromatic carbocycles. The van der Waals surface area contributed by atoms with Gasteiger partial charge in [-0.05, 0) is 80.1 Å². The third kappa shape index (κ3) is 1.85. The van der Waals surface area contributed by atoms with Gasteiger partial charge in [0.25, 0.3) is 0 Å². The second kappa shape index (κ2) is 5.12. The van der Waals surface area contributed by atoms with Gasteiger partial charge in [0.1, 0.15) is 0 Å². The van der Waals surface area contributed by atoms with Crippen LogP contribution >= 0.6 is 0 Å². The number of nitrogens with zero attached hydrogens (tertiary/aromatic N) is 1. The van der Waals surface area contributed by atoms with Crippen molar-refractivity contribution in [3.63, 3.8) is 0 Å².